The number of hydrogen-bond donors (Lipinski definition) is 4. The van der Waals surface area contributed by atoms with Crippen molar-refractivity contribution in [3.05, 3.63) is 76.5 Å². The monoisotopic (exact) mass is 521 g/mol. The number of fused-ring (bicyclic) bond motifs is 1. The fraction of sp³-hybridized carbons (Fsp3) is 0.217. The van der Waals surface area contributed by atoms with Crippen molar-refractivity contribution < 1.29 is 34.9 Å². The van der Waals surface area contributed by atoms with Gasteiger partial charge in [0.15, 0.2) is 5.78 Å². The Hall–Kier alpha value is -3.38. The molecule has 2 heterocycles. The highest BCUT2D eigenvalue weighted by Gasteiger charge is 2.54. The van der Waals surface area contributed by atoms with Gasteiger partial charge < -0.3 is 26.7 Å². The molecule has 0 saturated carbocycles. The molecule has 10 nitrogen and oxygen atoms in total. The third kappa shape index (κ3) is 6.20. The fourth-order valence-electron chi connectivity index (χ4n) is 3.33. The van der Waals surface area contributed by atoms with Gasteiger partial charge in [0.2, 0.25) is 5.91 Å². The number of carbonyl (C=O) groups excluding carboxylic acids is 3. The van der Waals surface area contributed by atoms with Crippen molar-refractivity contribution in [3.63, 3.8) is 0 Å². The van der Waals surface area contributed by atoms with Crippen molar-refractivity contribution in [2.75, 3.05) is 5.75 Å². The van der Waals surface area contributed by atoms with Gasteiger partial charge >= 0.3 is 5.97 Å². The molecule has 2 aromatic rings. The summed E-state index contributed by atoms with van der Waals surface area (Å²) in [7, 11) is 0. The molecule has 3 atom stereocenters. The lowest BCUT2D eigenvalue weighted by atomic mass is 10.0. The summed E-state index contributed by atoms with van der Waals surface area (Å²) >= 11 is 7.20. The van der Waals surface area contributed by atoms with Crippen LogP contribution in [-0.2, 0) is 14.4 Å². The van der Waals surface area contributed by atoms with Gasteiger partial charge in [0.05, 0.1) is 5.03 Å². The van der Waals surface area contributed by atoms with E-state index in [2.05, 4.69) is 5.32 Å². The van der Waals surface area contributed by atoms with E-state index in [9.17, 15) is 24.3 Å². The zero-order valence-corrected chi connectivity index (χ0v) is 20.0. The molecule has 2 amide bonds. The quantitative estimate of drug-likeness (QED) is 0.336. The zero-order chi connectivity index (χ0) is 25.0. The first-order chi connectivity index (χ1) is 16.1. The van der Waals surface area contributed by atoms with Gasteiger partial charge in [-0.3, -0.25) is 19.3 Å². The summed E-state index contributed by atoms with van der Waals surface area (Å²) in [6.07, 6.45) is 0. The summed E-state index contributed by atoms with van der Waals surface area (Å²) < 4.78 is 0. The number of nitrogens with one attached hydrogen (secondary N) is 1. The molecule has 0 radical (unpaired) electrons. The predicted octanol–water partition coefficient (Wildman–Crippen LogP) is 1.39. The number of thioether (sulfide) groups is 1. The van der Waals surface area contributed by atoms with E-state index in [1.807, 2.05) is 6.07 Å². The smallest absolute Gasteiger partial charge is 0.353 e. The number of carboxylic acid groups (broad SMARTS) is 1. The summed E-state index contributed by atoms with van der Waals surface area (Å²) in [6, 6.07) is 13.3. The number of phenols is 1. The maximum absolute atomic E-state index is 12.3. The van der Waals surface area contributed by atoms with Crippen molar-refractivity contribution in [2.24, 2.45) is 5.73 Å². The molecule has 2 aromatic carbocycles. The van der Waals surface area contributed by atoms with Gasteiger partial charge in [-0.25, -0.2) is 4.79 Å². The number of carboxylic acids is 1. The lowest BCUT2D eigenvalue weighted by Gasteiger charge is -2.48. The minimum absolute atomic E-state index is 0. The minimum atomic E-state index is -1.26. The average Bonchev–Trinajstić information content (AvgIpc) is 2.82. The van der Waals surface area contributed by atoms with Crippen LogP contribution in [0, 0.1) is 0 Å². The molecule has 35 heavy (non-hydrogen) atoms. The van der Waals surface area contributed by atoms with Crippen molar-refractivity contribution in [1.82, 2.24) is 10.2 Å². The number of nitrogens with zero attached hydrogens (tertiary/aromatic N) is 1. The number of Topliss-reactive ketones (excluding diaryl/α,β-unsaturated/α-hetero) is 1. The second-order valence-corrected chi connectivity index (χ2v) is 9.01. The van der Waals surface area contributed by atoms with Crippen molar-refractivity contribution in [3.8, 4) is 5.75 Å². The molecule has 12 heteroatoms. The van der Waals surface area contributed by atoms with Crippen LogP contribution in [0.15, 0.2) is 65.3 Å². The second kappa shape index (κ2) is 11.8. The maximum Gasteiger partial charge on any atom is 0.353 e. The summed E-state index contributed by atoms with van der Waals surface area (Å²) in [6.45, 7) is 1.49. The molecule has 4 rings (SSSR count). The highest BCUT2D eigenvalue weighted by Crippen LogP contribution is 2.41. The highest BCUT2D eigenvalue weighted by atomic mass is 35.5. The largest absolute Gasteiger partial charge is 0.508 e. The SMILES string of the molecule is CC(=O)c1ccc(O)cc1.N[C@@H](C(=O)N[C@@H]1C(=O)N2C(C(=O)O)=C(Cl)CS[C@H]12)c1ccccc1.O. The lowest BCUT2D eigenvalue weighted by Crippen LogP contribution is -2.70. The normalized spacial score (nSPS) is 19.2. The Morgan fingerprint density at radius 1 is 1.14 bits per heavy atom. The van der Waals surface area contributed by atoms with Crippen LogP contribution >= 0.6 is 23.4 Å². The Morgan fingerprint density at radius 3 is 2.29 bits per heavy atom. The van der Waals surface area contributed by atoms with E-state index in [-0.39, 0.29) is 33.5 Å². The second-order valence-electron chi connectivity index (χ2n) is 7.45. The number of ketones is 1. The number of aromatic hydroxyl groups is 1. The molecule has 186 valence electrons. The number of β-lactam (4-membered cyclic amide) rings is 1. The Kier molecular flexibility index (Phi) is 9.43. The van der Waals surface area contributed by atoms with Crippen LogP contribution in [0.25, 0.3) is 0 Å². The van der Waals surface area contributed by atoms with Gasteiger partial charge in [-0.1, -0.05) is 41.9 Å². The van der Waals surface area contributed by atoms with Crippen LogP contribution in [0.1, 0.15) is 28.9 Å². The van der Waals surface area contributed by atoms with E-state index in [0.29, 0.717) is 11.1 Å². The Balaban J connectivity index is 0.000000332. The van der Waals surface area contributed by atoms with Crippen molar-refractivity contribution in [2.45, 2.75) is 24.4 Å². The topological polar surface area (TPSA) is 182 Å². The van der Waals surface area contributed by atoms with Crippen LogP contribution in [0.3, 0.4) is 0 Å². The average molecular weight is 522 g/mol. The predicted molar refractivity (Wildman–Crippen MR) is 131 cm³/mol. The number of aliphatic carboxylic acids is 1. The summed E-state index contributed by atoms with van der Waals surface area (Å²) in [5.41, 5.74) is 6.94. The number of rotatable bonds is 5. The third-order valence-corrected chi connectivity index (χ3v) is 6.89. The molecular formula is C23H24ClN3O7S. The van der Waals surface area contributed by atoms with Gasteiger partial charge in [0, 0.05) is 11.3 Å². The molecule has 0 bridgehead atoms. The first kappa shape index (κ1) is 27.9. The Morgan fingerprint density at radius 2 is 1.74 bits per heavy atom. The molecule has 1 fully saturated rings. The zero-order valence-electron chi connectivity index (χ0n) is 18.5. The molecular weight excluding hydrogens is 498 g/mol. The van der Waals surface area contributed by atoms with Gasteiger partial charge in [-0.05, 0) is 36.8 Å². The molecule has 0 unspecified atom stereocenters. The molecule has 2 aliphatic heterocycles. The number of hydrogen-bond acceptors (Lipinski definition) is 7. The lowest BCUT2D eigenvalue weighted by molar-refractivity contribution is -0.150. The number of amides is 2. The Labute approximate surface area is 210 Å². The van der Waals surface area contributed by atoms with E-state index < -0.39 is 35.2 Å². The van der Waals surface area contributed by atoms with E-state index in [0.717, 1.165) is 4.90 Å². The van der Waals surface area contributed by atoms with E-state index in [1.54, 1.807) is 36.4 Å². The number of carbonyl (C=O) groups is 4. The maximum atomic E-state index is 12.3. The van der Waals surface area contributed by atoms with Crippen LogP contribution in [0.2, 0.25) is 0 Å². The summed E-state index contributed by atoms with van der Waals surface area (Å²) in [4.78, 5) is 47.6. The van der Waals surface area contributed by atoms with Crippen LogP contribution < -0.4 is 11.1 Å². The van der Waals surface area contributed by atoms with Gasteiger partial charge in [-0.2, -0.15) is 0 Å². The molecule has 0 spiro atoms. The standard InChI is InChI=1S/C15H14ClN3O4S.C8H8O2.H2O/c16-8-6-24-14-10(13(21)19(14)11(8)15(22)23)18-12(20)9(17)7-4-2-1-3-5-7;1-6(9)7-2-4-8(10)5-3-7;/h1-5,9-10,14H,6,17H2,(H,18,20)(H,22,23);2-5,10H,1H3;1H2/t9-,10-,14-;;/m1../s1. The summed E-state index contributed by atoms with van der Waals surface area (Å²) in [5, 5.41) is 20.3. The first-order valence-corrected chi connectivity index (χ1v) is 11.5. The third-order valence-electron chi connectivity index (χ3n) is 5.14. The van der Waals surface area contributed by atoms with E-state index in [4.69, 9.17) is 22.4 Å². The van der Waals surface area contributed by atoms with Gasteiger partial charge in [0.25, 0.3) is 5.91 Å². The molecule has 2 aliphatic rings. The first-order valence-electron chi connectivity index (χ1n) is 10.1. The van der Waals surface area contributed by atoms with E-state index >= 15 is 0 Å². The number of halogens is 1. The number of phenolic OH excluding ortho intramolecular Hbond substituents is 1. The van der Waals surface area contributed by atoms with Gasteiger partial charge in [0.1, 0.15) is 28.9 Å². The molecule has 0 aromatic heterocycles. The van der Waals surface area contributed by atoms with Crippen LogP contribution in [-0.4, -0.2) is 61.3 Å². The van der Waals surface area contributed by atoms with Gasteiger partial charge in [-0.15, -0.1) is 11.8 Å². The number of benzene rings is 2. The summed E-state index contributed by atoms with van der Waals surface area (Å²) in [5.74, 6) is -1.78. The van der Waals surface area contributed by atoms with Crippen LogP contribution in [0.4, 0.5) is 0 Å². The van der Waals surface area contributed by atoms with Crippen LogP contribution in [0.5, 0.6) is 5.75 Å². The van der Waals surface area contributed by atoms with Crippen molar-refractivity contribution >= 4 is 46.9 Å². The number of nitrogens with two attached hydrogens (primary N) is 1. The molecule has 7 N–H and O–H groups in total. The van der Waals surface area contributed by atoms with Crippen molar-refractivity contribution in [1.29, 1.82) is 0 Å². The fourth-order valence-corrected chi connectivity index (χ4v) is 4.88. The minimum Gasteiger partial charge on any atom is -0.508 e. The molecule has 0 aliphatic carbocycles. The molecule has 1 saturated heterocycles. The highest BCUT2D eigenvalue weighted by molar-refractivity contribution is 8.00. The van der Waals surface area contributed by atoms with E-state index in [1.165, 1.54) is 30.8 Å². The Bertz CT molecular complexity index is 1140.